The van der Waals surface area contributed by atoms with E-state index >= 15 is 0 Å². The first kappa shape index (κ1) is 10.8. The minimum atomic E-state index is 0.257. The zero-order valence-corrected chi connectivity index (χ0v) is 10.4. The van der Waals surface area contributed by atoms with Crippen LogP contribution >= 0.6 is 0 Å². The molecule has 0 atom stereocenters. The minimum absolute atomic E-state index is 0.257. The van der Waals surface area contributed by atoms with Crippen LogP contribution in [0.1, 0.15) is 30.4 Å². The molecule has 0 unspecified atom stereocenters. The van der Waals surface area contributed by atoms with Crippen molar-refractivity contribution >= 4 is 10.8 Å². The molecule has 0 amide bonds. The molecule has 1 aliphatic rings. The van der Waals surface area contributed by atoms with Crippen molar-refractivity contribution in [2.45, 2.75) is 31.6 Å². The molecule has 1 nitrogen and oxygen atoms in total. The van der Waals surface area contributed by atoms with Gasteiger partial charge in [-0.1, -0.05) is 42.8 Å². The van der Waals surface area contributed by atoms with Crippen molar-refractivity contribution in [3.05, 3.63) is 47.5 Å². The fraction of sp³-hybridized carbons (Fsp3) is 0.375. The summed E-state index contributed by atoms with van der Waals surface area (Å²) in [6.07, 6.45) is 3.81. The second-order valence-electron chi connectivity index (χ2n) is 5.31. The first-order valence-corrected chi connectivity index (χ1v) is 6.46. The Bertz CT molecular complexity index is 547. The molecule has 1 heteroatoms. The van der Waals surface area contributed by atoms with Crippen LogP contribution < -0.4 is 5.73 Å². The zero-order valence-electron chi connectivity index (χ0n) is 10.4. The Morgan fingerprint density at radius 3 is 2.35 bits per heavy atom. The lowest BCUT2D eigenvalue weighted by Gasteiger charge is -2.42. The van der Waals surface area contributed by atoms with Crippen molar-refractivity contribution in [3.8, 4) is 0 Å². The van der Waals surface area contributed by atoms with E-state index in [4.69, 9.17) is 5.73 Å². The Morgan fingerprint density at radius 2 is 1.76 bits per heavy atom. The van der Waals surface area contributed by atoms with E-state index in [9.17, 15) is 0 Å². The van der Waals surface area contributed by atoms with E-state index in [1.54, 1.807) is 0 Å². The number of fused-ring (bicyclic) bond motifs is 1. The van der Waals surface area contributed by atoms with Gasteiger partial charge in [0.25, 0.3) is 0 Å². The Kier molecular flexibility index (Phi) is 2.44. The van der Waals surface area contributed by atoms with Gasteiger partial charge in [0.1, 0.15) is 0 Å². The summed E-state index contributed by atoms with van der Waals surface area (Å²) in [6, 6.07) is 13.3. The van der Waals surface area contributed by atoms with Crippen molar-refractivity contribution in [2.24, 2.45) is 5.73 Å². The van der Waals surface area contributed by atoms with Crippen LogP contribution in [0.15, 0.2) is 36.4 Å². The predicted molar refractivity (Wildman–Crippen MR) is 73.3 cm³/mol. The molecule has 0 bridgehead atoms. The van der Waals surface area contributed by atoms with Gasteiger partial charge in [0, 0.05) is 12.0 Å². The summed E-state index contributed by atoms with van der Waals surface area (Å²) in [6.45, 7) is 2.96. The van der Waals surface area contributed by atoms with Gasteiger partial charge >= 0.3 is 0 Å². The summed E-state index contributed by atoms with van der Waals surface area (Å²) >= 11 is 0. The average Bonchev–Trinajstić information content (AvgIpc) is 2.32. The maximum absolute atomic E-state index is 6.03. The maximum Gasteiger partial charge on any atom is 0.00817 e. The van der Waals surface area contributed by atoms with Gasteiger partial charge in [-0.3, -0.25) is 0 Å². The molecule has 0 aliphatic heterocycles. The molecule has 1 fully saturated rings. The molecule has 17 heavy (non-hydrogen) atoms. The fourth-order valence-corrected chi connectivity index (χ4v) is 3.10. The highest BCUT2D eigenvalue weighted by atomic mass is 14.6. The smallest absolute Gasteiger partial charge is 0.00817 e. The molecule has 2 aromatic rings. The quantitative estimate of drug-likeness (QED) is 0.831. The van der Waals surface area contributed by atoms with Gasteiger partial charge in [-0.05, 0) is 41.7 Å². The van der Waals surface area contributed by atoms with Crippen LogP contribution in [-0.4, -0.2) is 6.54 Å². The maximum atomic E-state index is 6.03. The van der Waals surface area contributed by atoms with E-state index in [0.29, 0.717) is 0 Å². The predicted octanol–water partition coefficient (Wildman–Crippen LogP) is 3.53. The molecule has 2 N–H and O–H groups in total. The summed E-state index contributed by atoms with van der Waals surface area (Å²) in [7, 11) is 0. The third kappa shape index (κ3) is 1.49. The van der Waals surface area contributed by atoms with Gasteiger partial charge in [-0.25, -0.2) is 0 Å². The van der Waals surface area contributed by atoms with Crippen molar-refractivity contribution in [2.75, 3.05) is 6.54 Å². The lowest BCUT2D eigenvalue weighted by molar-refractivity contribution is 0.255. The van der Waals surface area contributed by atoms with Crippen LogP contribution in [-0.2, 0) is 5.41 Å². The van der Waals surface area contributed by atoms with E-state index in [1.807, 2.05) is 0 Å². The lowest BCUT2D eigenvalue weighted by atomic mass is 9.63. The Morgan fingerprint density at radius 1 is 1.06 bits per heavy atom. The third-order valence-corrected chi connectivity index (χ3v) is 4.41. The summed E-state index contributed by atoms with van der Waals surface area (Å²) < 4.78 is 0. The third-order valence-electron chi connectivity index (χ3n) is 4.41. The fourth-order valence-electron chi connectivity index (χ4n) is 3.10. The van der Waals surface area contributed by atoms with Crippen LogP contribution in [0.5, 0.6) is 0 Å². The average molecular weight is 225 g/mol. The number of hydrogen-bond donors (Lipinski definition) is 1. The van der Waals surface area contributed by atoms with E-state index < -0.39 is 0 Å². The Balaban J connectivity index is 2.27. The summed E-state index contributed by atoms with van der Waals surface area (Å²) in [5.74, 6) is 0. The number of benzene rings is 2. The van der Waals surface area contributed by atoms with Crippen LogP contribution in [0.2, 0.25) is 0 Å². The number of hydrogen-bond acceptors (Lipinski definition) is 1. The first-order valence-electron chi connectivity index (χ1n) is 6.46. The Labute approximate surface area is 103 Å². The summed E-state index contributed by atoms with van der Waals surface area (Å²) in [4.78, 5) is 0. The van der Waals surface area contributed by atoms with Crippen molar-refractivity contribution in [1.29, 1.82) is 0 Å². The van der Waals surface area contributed by atoms with E-state index in [1.165, 1.54) is 41.2 Å². The van der Waals surface area contributed by atoms with E-state index in [-0.39, 0.29) is 5.41 Å². The van der Waals surface area contributed by atoms with E-state index in [2.05, 4.69) is 43.3 Å². The highest BCUT2D eigenvalue weighted by molar-refractivity contribution is 5.89. The molecule has 0 aromatic heterocycles. The van der Waals surface area contributed by atoms with Crippen molar-refractivity contribution < 1.29 is 0 Å². The molecule has 0 saturated heterocycles. The van der Waals surface area contributed by atoms with Gasteiger partial charge < -0.3 is 5.73 Å². The number of rotatable bonds is 2. The van der Waals surface area contributed by atoms with Crippen molar-refractivity contribution in [3.63, 3.8) is 0 Å². The Hall–Kier alpha value is -1.34. The monoisotopic (exact) mass is 225 g/mol. The molecule has 2 aromatic carbocycles. The highest BCUT2D eigenvalue weighted by Crippen LogP contribution is 2.45. The van der Waals surface area contributed by atoms with Gasteiger partial charge in [-0.15, -0.1) is 0 Å². The van der Waals surface area contributed by atoms with Gasteiger partial charge in [0.15, 0.2) is 0 Å². The highest BCUT2D eigenvalue weighted by Gasteiger charge is 2.38. The van der Waals surface area contributed by atoms with Gasteiger partial charge in [-0.2, -0.15) is 0 Å². The molecule has 0 spiro atoms. The van der Waals surface area contributed by atoms with Gasteiger partial charge in [0.2, 0.25) is 0 Å². The van der Waals surface area contributed by atoms with Gasteiger partial charge in [0.05, 0.1) is 0 Å². The zero-order chi connectivity index (χ0) is 11.9. The largest absolute Gasteiger partial charge is 0.330 e. The lowest BCUT2D eigenvalue weighted by Crippen LogP contribution is -2.41. The van der Waals surface area contributed by atoms with Crippen LogP contribution in [0.25, 0.3) is 10.8 Å². The standard InChI is InChI=1S/C16H19N/c1-12-7-8-15(16(11-17)9-4-10-16)14-6-3-2-5-13(12)14/h2-3,5-8H,4,9-11,17H2,1H3. The van der Waals surface area contributed by atoms with Crippen LogP contribution in [0.3, 0.4) is 0 Å². The molecule has 1 saturated carbocycles. The SMILES string of the molecule is Cc1ccc(C2(CN)CCC2)c2ccccc12. The summed E-state index contributed by atoms with van der Waals surface area (Å²) in [5, 5.41) is 2.78. The topological polar surface area (TPSA) is 26.0 Å². The van der Waals surface area contributed by atoms with Crippen LogP contribution in [0.4, 0.5) is 0 Å². The summed E-state index contributed by atoms with van der Waals surface area (Å²) in [5.41, 5.74) is 9.11. The molecule has 1 aliphatic carbocycles. The van der Waals surface area contributed by atoms with Crippen LogP contribution in [0, 0.1) is 6.92 Å². The molecular weight excluding hydrogens is 206 g/mol. The van der Waals surface area contributed by atoms with Crippen molar-refractivity contribution in [1.82, 2.24) is 0 Å². The second kappa shape index (κ2) is 3.85. The molecule has 0 heterocycles. The normalized spacial score (nSPS) is 18.0. The molecule has 0 radical (unpaired) electrons. The number of aryl methyl sites for hydroxylation is 1. The molecule has 88 valence electrons. The molecule has 3 rings (SSSR count). The minimum Gasteiger partial charge on any atom is -0.330 e. The first-order chi connectivity index (χ1) is 8.27. The number of nitrogens with two attached hydrogens (primary N) is 1. The molecular formula is C16H19N. The van der Waals surface area contributed by atoms with E-state index in [0.717, 1.165) is 6.54 Å². The second-order valence-corrected chi connectivity index (χ2v) is 5.31.